The van der Waals surface area contributed by atoms with Crippen LogP contribution in [0.4, 0.5) is 10.1 Å². The van der Waals surface area contributed by atoms with Crippen LogP contribution in [-0.2, 0) is 0 Å². The van der Waals surface area contributed by atoms with Crippen LogP contribution in [-0.4, -0.2) is 11.1 Å². The van der Waals surface area contributed by atoms with E-state index < -0.39 is 11.8 Å². The number of carbonyl (C=O) groups is 1. The molecular weight excluding hydrogens is 333 g/mol. The average molecular weight is 342 g/mol. The van der Waals surface area contributed by atoms with Gasteiger partial charge in [0, 0.05) is 14.3 Å². The summed E-state index contributed by atoms with van der Waals surface area (Å²) in [5.41, 5.74) is 4.95. The zero-order chi connectivity index (χ0) is 14.0. The van der Waals surface area contributed by atoms with Crippen LogP contribution >= 0.6 is 27.7 Å². The summed E-state index contributed by atoms with van der Waals surface area (Å²) in [5.74, 6) is -1.97. The Labute approximate surface area is 121 Å². The minimum Gasteiger partial charge on any atom is -0.478 e. The molecule has 0 fully saturated rings. The van der Waals surface area contributed by atoms with Crippen molar-refractivity contribution in [1.82, 2.24) is 0 Å². The summed E-state index contributed by atoms with van der Waals surface area (Å²) in [6.45, 7) is 0. The molecule has 0 atom stereocenters. The average Bonchev–Trinajstić information content (AvgIpc) is 2.33. The standard InChI is InChI=1S/C13H9BrFNO2S/c14-7-2-1-3-8(6-7)19-10-5-4-9(15)12(16)11(10)13(17)18/h1-6H,16H2,(H,17,18). The van der Waals surface area contributed by atoms with Gasteiger partial charge in [-0.15, -0.1) is 0 Å². The lowest BCUT2D eigenvalue weighted by Gasteiger charge is -2.09. The van der Waals surface area contributed by atoms with E-state index in [9.17, 15) is 9.18 Å². The lowest BCUT2D eigenvalue weighted by atomic mass is 10.2. The molecule has 0 heterocycles. The van der Waals surface area contributed by atoms with Gasteiger partial charge in [0.25, 0.3) is 0 Å². The van der Waals surface area contributed by atoms with E-state index in [0.717, 1.165) is 9.37 Å². The van der Waals surface area contributed by atoms with Crippen molar-refractivity contribution >= 4 is 39.3 Å². The lowest BCUT2D eigenvalue weighted by Crippen LogP contribution is -2.06. The minimum atomic E-state index is -1.24. The highest BCUT2D eigenvalue weighted by molar-refractivity contribution is 9.10. The van der Waals surface area contributed by atoms with Gasteiger partial charge in [-0.3, -0.25) is 0 Å². The Morgan fingerprint density at radius 3 is 2.68 bits per heavy atom. The van der Waals surface area contributed by atoms with Gasteiger partial charge in [0.05, 0.1) is 11.3 Å². The van der Waals surface area contributed by atoms with Crippen molar-refractivity contribution in [1.29, 1.82) is 0 Å². The molecule has 0 aliphatic carbocycles. The third-order valence-electron chi connectivity index (χ3n) is 2.39. The number of carboxylic acid groups (broad SMARTS) is 1. The topological polar surface area (TPSA) is 63.3 Å². The largest absolute Gasteiger partial charge is 0.478 e. The van der Waals surface area contributed by atoms with Gasteiger partial charge in [0.1, 0.15) is 5.82 Å². The molecule has 2 rings (SSSR count). The highest BCUT2D eigenvalue weighted by Gasteiger charge is 2.18. The van der Waals surface area contributed by atoms with Crippen molar-refractivity contribution in [3.05, 3.63) is 52.3 Å². The number of nitrogens with two attached hydrogens (primary N) is 1. The summed E-state index contributed by atoms with van der Waals surface area (Å²) >= 11 is 4.56. The van der Waals surface area contributed by atoms with Crippen LogP contribution in [0.5, 0.6) is 0 Å². The van der Waals surface area contributed by atoms with E-state index in [0.29, 0.717) is 4.90 Å². The molecule has 3 N–H and O–H groups in total. The first-order chi connectivity index (χ1) is 8.99. The number of rotatable bonds is 3. The second-order valence-corrected chi connectivity index (χ2v) is 5.73. The van der Waals surface area contributed by atoms with E-state index in [4.69, 9.17) is 10.8 Å². The molecule has 0 aliphatic heterocycles. The van der Waals surface area contributed by atoms with Crippen LogP contribution in [0.15, 0.2) is 50.7 Å². The molecule has 98 valence electrons. The maximum atomic E-state index is 13.3. The van der Waals surface area contributed by atoms with E-state index in [2.05, 4.69) is 15.9 Å². The van der Waals surface area contributed by atoms with E-state index in [1.54, 1.807) is 0 Å². The molecule has 0 amide bonds. The molecule has 0 spiro atoms. The number of hydrogen-bond donors (Lipinski definition) is 2. The number of carboxylic acids is 1. The van der Waals surface area contributed by atoms with Gasteiger partial charge in [0.2, 0.25) is 0 Å². The summed E-state index contributed by atoms with van der Waals surface area (Å²) < 4.78 is 14.2. The normalized spacial score (nSPS) is 10.4. The summed E-state index contributed by atoms with van der Waals surface area (Å²) in [6, 6.07) is 9.96. The van der Waals surface area contributed by atoms with Crippen LogP contribution in [0.2, 0.25) is 0 Å². The fourth-order valence-corrected chi connectivity index (χ4v) is 3.11. The maximum Gasteiger partial charge on any atom is 0.339 e. The van der Waals surface area contributed by atoms with Crippen LogP contribution in [0.1, 0.15) is 10.4 Å². The predicted octanol–water partition coefficient (Wildman–Crippen LogP) is 4.02. The summed E-state index contributed by atoms with van der Waals surface area (Å²) in [7, 11) is 0. The van der Waals surface area contributed by atoms with Crippen molar-refractivity contribution < 1.29 is 14.3 Å². The van der Waals surface area contributed by atoms with E-state index >= 15 is 0 Å². The van der Waals surface area contributed by atoms with Crippen molar-refractivity contribution in [2.75, 3.05) is 5.73 Å². The molecule has 2 aromatic carbocycles. The summed E-state index contributed by atoms with van der Waals surface area (Å²) in [6.07, 6.45) is 0. The van der Waals surface area contributed by atoms with Gasteiger partial charge in [0.15, 0.2) is 0 Å². The molecule has 0 saturated carbocycles. The Balaban J connectivity index is 2.46. The number of nitrogen functional groups attached to an aromatic ring is 1. The molecule has 6 heteroatoms. The van der Waals surface area contributed by atoms with Gasteiger partial charge in [-0.1, -0.05) is 33.8 Å². The van der Waals surface area contributed by atoms with Crippen LogP contribution < -0.4 is 5.73 Å². The molecular formula is C13H9BrFNO2S. The van der Waals surface area contributed by atoms with Gasteiger partial charge in [-0.05, 0) is 30.3 Å². The van der Waals surface area contributed by atoms with Gasteiger partial charge < -0.3 is 10.8 Å². The first-order valence-electron chi connectivity index (χ1n) is 5.23. The molecule has 19 heavy (non-hydrogen) atoms. The SMILES string of the molecule is Nc1c(F)ccc(Sc2cccc(Br)c2)c1C(=O)O. The second kappa shape index (κ2) is 5.63. The Morgan fingerprint density at radius 1 is 1.32 bits per heavy atom. The fraction of sp³-hybridized carbons (Fsp3) is 0. The number of aromatic carboxylic acids is 1. The number of hydrogen-bond acceptors (Lipinski definition) is 3. The molecule has 0 unspecified atom stereocenters. The monoisotopic (exact) mass is 341 g/mol. The molecule has 0 saturated heterocycles. The third kappa shape index (κ3) is 3.08. The first kappa shape index (κ1) is 13.9. The van der Waals surface area contributed by atoms with E-state index in [-0.39, 0.29) is 11.3 Å². The maximum absolute atomic E-state index is 13.3. The van der Waals surface area contributed by atoms with Crippen molar-refractivity contribution in [2.45, 2.75) is 9.79 Å². The highest BCUT2D eigenvalue weighted by Crippen LogP contribution is 2.35. The van der Waals surface area contributed by atoms with Crippen molar-refractivity contribution in [2.24, 2.45) is 0 Å². The van der Waals surface area contributed by atoms with Crippen LogP contribution in [0, 0.1) is 5.82 Å². The van der Waals surface area contributed by atoms with Crippen molar-refractivity contribution in [3.8, 4) is 0 Å². The van der Waals surface area contributed by atoms with Crippen LogP contribution in [0.3, 0.4) is 0 Å². The van der Waals surface area contributed by atoms with Gasteiger partial charge in [-0.2, -0.15) is 0 Å². The van der Waals surface area contributed by atoms with Gasteiger partial charge in [-0.25, -0.2) is 9.18 Å². The predicted molar refractivity (Wildman–Crippen MR) is 76.0 cm³/mol. The third-order valence-corrected chi connectivity index (χ3v) is 3.93. The summed E-state index contributed by atoms with van der Waals surface area (Å²) in [5, 5.41) is 9.13. The van der Waals surface area contributed by atoms with Crippen molar-refractivity contribution in [3.63, 3.8) is 0 Å². The highest BCUT2D eigenvalue weighted by atomic mass is 79.9. The number of benzene rings is 2. The quantitative estimate of drug-likeness (QED) is 0.827. The Bertz CT molecular complexity index is 649. The number of halogens is 2. The molecule has 0 bridgehead atoms. The zero-order valence-corrected chi connectivity index (χ0v) is 12.0. The lowest BCUT2D eigenvalue weighted by molar-refractivity contribution is 0.0694. The smallest absolute Gasteiger partial charge is 0.339 e. The van der Waals surface area contributed by atoms with E-state index in [1.165, 1.54) is 23.9 Å². The molecule has 0 aromatic heterocycles. The second-order valence-electron chi connectivity index (χ2n) is 3.70. The van der Waals surface area contributed by atoms with Gasteiger partial charge >= 0.3 is 5.97 Å². The molecule has 2 aromatic rings. The first-order valence-corrected chi connectivity index (χ1v) is 6.84. The summed E-state index contributed by atoms with van der Waals surface area (Å²) in [4.78, 5) is 12.4. The molecule has 0 aliphatic rings. The number of anilines is 1. The Morgan fingerprint density at radius 2 is 2.05 bits per heavy atom. The zero-order valence-electron chi connectivity index (χ0n) is 9.56. The van der Waals surface area contributed by atoms with E-state index in [1.807, 2.05) is 24.3 Å². The molecule has 0 radical (unpaired) electrons. The Hall–Kier alpha value is -1.53. The minimum absolute atomic E-state index is 0.204. The Kier molecular flexibility index (Phi) is 4.11. The van der Waals surface area contributed by atoms with Crippen LogP contribution in [0.25, 0.3) is 0 Å². The molecule has 3 nitrogen and oxygen atoms in total. The fourth-order valence-electron chi connectivity index (χ4n) is 1.54.